The summed E-state index contributed by atoms with van der Waals surface area (Å²) in [7, 11) is 0. The second-order valence-electron chi connectivity index (χ2n) is 6.64. The summed E-state index contributed by atoms with van der Waals surface area (Å²) in [5.74, 6) is 0.962. The molecule has 0 aliphatic rings. The molecule has 2 aromatic rings. The maximum absolute atomic E-state index is 5.97. The minimum Gasteiger partial charge on any atom is -0.402 e. The Kier molecular flexibility index (Phi) is 6.95. The zero-order valence-electron chi connectivity index (χ0n) is 16.3. The van der Waals surface area contributed by atoms with Crippen molar-refractivity contribution in [2.24, 2.45) is 16.5 Å². The Labute approximate surface area is 155 Å². The zero-order valence-corrected chi connectivity index (χ0v) is 16.3. The van der Waals surface area contributed by atoms with Crippen molar-refractivity contribution in [1.82, 2.24) is 10.1 Å². The molecule has 0 spiro atoms. The monoisotopic (exact) mass is 355 g/mol. The molecule has 0 saturated heterocycles. The number of aryl methyl sites for hydroxylation is 2. The first kappa shape index (κ1) is 19.7. The number of aromatic nitrogens is 3. The van der Waals surface area contributed by atoms with E-state index in [9.17, 15) is 0 Å². The third-order valence-electron chi connectivity index (χ3n) is 4.23. The van der Waals surface area contributed by atoms with Gasteiger partial charge in [0, 0.05) is 24.6 Å². The Morgan fingerprint density at radius 3 is 2.77 bits per heavy atom. The van der Waals surface area contributed by atoms with Gasteiger partial charge in [-0.15, -0.1) is 0 Å². The van der Waals surface area contributed by atoms with E-state index in [1.165, 1.54) is 18.4 Å². The summed E-state index contributed by atoms with van der Waals surface area (Å²) in [5, 5.41) is 4.70. The number of imidazole rings is 1. The number of hydrogen-bond donors (Lipinski definition) is 3. The highest BCUT2D eigenvalue weighted by molar-refractivity contribution is 5.93. The molecule has 0 saturated carbocycles. The Morgan fingerprint density at radius 2 is 2.12 bits per heavy atom. The molecule has 0 radical (unpaired) electrons. The molecule has 0 aromatic carbocycles. The molecule has 0 unspecified atom stereocenters. The van der Waals surface area contributed by atoms with Crippen LogP contribution in [0.25, 0.3) is 5.65 Å². The van der Waals surface area contributed by atoms with E-state index in [0.717, 1.165) is 36.3 Å². The maximum Gasteiger partial charge on any atom is 0.308 e. The quantitative estimate of drug-likeness (QED) is 0.223. The lowest BCUT2D eigenvalue weighted by Crippen LogP contribution is -2.30. The van der Waals surface area contributed by atoms with Crippen LogP contribution in [0.4, 0.5) is 5.82 Å². The first-order valence-corrected chi connectivity index (χ1v) is 9.28. The molecule has 6 heteroatoms. The van der Waals surface area contributed by atoms with Gasteiger partial charge < -0.3 is 11.5 Å². The van der Waals surface area contributed by atoms with Crippen LogP contribution in [0.3, 0.4) is 0 Å². The van der Waals surface area contributed by atoms with E-state index in [2.05, 4.69) is 36.0 Å². The highest BCUT2D eigenvalue weighted by Crippen LogP contribution is 2.18. The number of H-pyrrole nitrogens is 1. The van der Waals surface area contributed by atoms with Crippen LogP contribution >= 0.6 is 0 Å². The van der Waals surface area contributed by atoms with Gasteiger partial charge in [0.25, 0.3) is 0 Å². The van der Waals surface area contributed by atoms with E-state index < -0.39 is 0 Å². The largest absolute Gasteiger partial charge is 0.402 e. The average Bonchev–Trinajstić information content (AvgIpc) is 2.88. The van der Waals surface area contributed by atoms with Crippen LogP contribution in [0.15, 0.2) is 35.0 Å². The van der Waals surface area contributed by atoms with Gasteiger partial charge in [-0.3, -0.25) is 0 Å². The number of allylic oxidation sites excluding steroid dienone is 3. The number of aliphatic imine (C=N–C) groups is 1. The van der Waals surface area contributed by atoms with Crippen molar-refractivity contribution in [2.75, 3.05) is 0 Å². The van der Waals surface area contributed by atoms with E-state index in [1.807, 2.05) is 17.5 Å². The lowest BCUT2D eigenvalue weighted by atomic mass is 10.1. The summed E-state index contributed by atoms with van der Waals surface area (Å²) in [6, 6.07) is 2.02. The van der Waals surface area contributed by atoms with Crippen molar-refractivity contribution in [1.29, 1.82) is 0 Å². The van der Waals surface area contributed by atoms with E-state index in [0.29, 0.717) is 17.4 Å². The molecule has 2 heterocycles. The average molecular weight is 356 g/mol. The summed E-state index contributed by atoms with van der Waals surface area (Å²) in [4.78, 5) is 7.94. The second kappa shape index (κ2) is 9.17. The predicted octanol–water partition coefficient (Wildman–Crippen LogP) is 3.16. The normalized spacial score (nSPS) is 13.2. The topological polar surface area (TPSA) is 97.2 Å². The van der Waals surface area contributed by atoms with Crippen LogP contribution in [0.2, 0.25) is 0 Å². The molecule has 0 bridgehead atoms. The molecule has 140 valence electrons. The van der Waals surface area contributed by atoms with E-state index in [-0.39, 0.29) is 0 Å². The zero-order chi connectivity index (χ0) is 19.1. The third-order valence-corrected chi connectivity index (χ3v) is 4.23. The van der Waals surface area contributed by atoms with Crippen LogP contribution in [0, 0.1) is 6.92 Å². The molecule has 2 rings (SSSR count). The Morgan fingerprint density at radius 1 is 1.35 bits per heavy atom. The van der Waals surface area contributed by atoms with Gasteiger partial charge in [-0.1, -0.05) is 41.5 Å². The highest BCUT2D eigenvalue weighted by atomic mass is 15.3. The number of fused-ring (bicyclic) bond motifs is 1. The van der Waals surface area contributed by atoms with Gasteiger partial charge in [-0.05, 0) is 38.8 Å². The van der Waals surface area contributed by atoms with Gasteiger partial charge in [0.05, 0.1) is 0 Å². The van der Waals surface area contributed by atoms with Crippen molar-refractivity contribution >= 4 is 17.3 Å². The second-order valence-corrected chi connectivity index (χ2v) is 6.64. The minimum absolute atomic E-state index is 0.360. The fourth-order valence-electron chi connectivity index (χ4n) is 2.96. The first-order chi connectivity index (χ1) is 12.5. The first-order valence-electron chi connectivity index (χ1n) is 9.28. The molecule has 2 aromatic heterocycles. The molecule has 0 aliphatic carbocycles. The number of nitrogens with one attached hydrogen (secondary N) is 1. The van der Waals surface area contributed by atoms with Crippen molar-refractivity contribution in [3.05, 3.63) is 46.9 Å². The summed E-state index contributed by atoms with van der Waals surface area (Å²) >= 11 is 0. The number of amidine groups is 1. The number of unbranched alkanes of at least 4 members (excludes halogenated alkanes) is 2. The van der Waals surface area contributed by atoms with Gasteiger partial charge >= 0.3 is 5.65 Å². The number of nitrogens with two attached hydrogens (primary N) is 2. The molecule has 6 nitrogen and oxygen atoms in total. The number of rotatable bonds is 8. The molecule has 0 amide bonds. The van der Waals surface area contributed by atoms with Crippen LogP contribution in [-0.4, -0.2) is 15.9 Å². The fourth-order valence-corrected chi connectivity index (χ4v) is 2.96. The Hall–Kier alpha value is -2.63. The molecule has 0 fully saturated rings. The van der Waals surface area contributed by atoms with Gasteiger partial charge in [-0.2, -0.15) is 0 Å². The smallest absolute Gasteiger partial charge is 0.308 e. The molecular weight excluding hydrogens is 324 g/mol. The van der Waals surface area contributed by atoms with Gasteiger partial charge in [-0.25, -0.2) is 9.98 Å². The van der Waals surface area contributed by atoms with Gasteiger partial charge in [0.15, 0.2) is 11.5 Å². The summed E-state index contributed by atoms with van der Waals surface area (Å²) < 4.78 is 1.97. The molecule has 26 heavy (non-hydrogen) atoms. The number of nitrogens with zero attached hydrogens (tertiary/aromatic N) is 3. The summed E-state index contributed by atoms with van der Waals surface area (Å²) in [5.41, 5.74) is 16.8. The van der Waals surface area contributed by atoms with Crippen molar-refractivity contribution in [3.8, 4) is 0 Å². The Bertz CT molecular complexity index is 838. The van der Waals surface area contributed by atoms with E-state index in [4.69, 9.17) is 16.6 Å². The lowest BCUT2D eigenvalue weighted by molar-refractivity contribution is -0.586. The summed E-state index contributed by atoms with van der Waals surface area (Å²) in [6.07, 6.45) is 11.2. The SMILES string of the molecule is C/C=C/Cc1c(C)[nH]c2c(CCCCC)cc(N=C(N)/C=C(/C)N)n[n+]12. The molecule has 0 atom stereocenters. The molecule has 5 N–H and O–H groups in total. The van der Waals surface area contributed by atoms with Crippen LogP contribution in [0.5, 0.6) is 0 Å². The van der Waals surface area contributed by atoms with Crippen molar-refractivity contribution in [2.45, 2.75) is 59.8 Å². The van der Waals surface area contributed by atoms with Crippen LogP contribution in [-0.2, 0) is 12.8 Å². The predicted molar refractivity (Wildman–Crippen MR) is 107 cm³/mol. The molecule has 0 aliphatic heterocycles. The Balaban J connectivity index is 2.56. The van der Waals surface area contributed by atoms with Gasteiger partial charge in [0.1, 0.15) is 11.5 Å². The summed E-state index contributed by atoms with van der Waals surface area (Å²) in [6.45, 7) is 8.11. The van der Waals surface area contributed by atoms with Gasteiger partial charge in [0.2, 0.25) is 0 Å². The van der Waals surface area contributed by atoms with Crippen LogP contribution < -0.4 is 16.0 Å². The van der Waals surface area contributed by atoms with E-state index >= 15 is 0 Å². The fraction of sp³-hybridized carbons (Fsp3) is 0.450. The third kappa shape index (κ3) is 4.94. The molecular formula is C20H31N6+. The van der Waals surface area contributed by atoms with E-state index in [1.54, 1.807) is 13.0 Å². The van der Waals surface area contributed by atoms with Crippen molar-refractivity contribution < 1.29 is 4.52 Å². The van der Waals surface area contributed by atoms with Crippen LogP contribution in [0.1, 0.15) is 57.0 Å². The number of aromatic amines is 1. The minimum atomic E-state index is 0.360. The number of hydrogen-bond acceptors (Lipinski definition) is 3. The van der Waals surface area contributed by atoms with Crippen molar-refractivity contribution in [3.63, 3.8) is 0 Å². The highest BCUT2D eigenvalue weighted by Gasteiger charge is 2.21. The standard InChI is InChI=1S/C20H30N6/c1-5-7-9-10-16-13-19(24-18(22)12-14(3)21)25-26-17(11-8-6-2)15(4)23-20(16)26/h6,8,12-13H,5,7,9-11H2,1-4H3,(H4,21,22,24,25)/p+1/b8-6+. The maximum atomic E-state index is 5.97. The lowest BCUT2D eigenvalue weighted by Gasteiger charge is -2.02.